The van der Waals surface area contributed by atoms with Gasteiger partial charge in [-0.25, -0.2) is 4.79 Å². The number of rotatable bonds is 2. The number of ether oxygens (including phenoxy) is 1. The lowest BCUT2D eigenvalue weighted by Gasteiger charge is -2.06. The van der Waals surface area contributed by atoms with Crippen molar-refractivity contribution in [3.8, 4) is 0 Å². The van der Waals surface area contributed by atoms with Gasteiger partial charge in [-0.2, -0.15) is 0 Å². The second-order valence-corrected chi connectivity index (χ2v) is 4.06. The summed E-state index contributed by atoms with van der Waals surface area (Å²) in [6.07, 6.45) is 0. The van der Waals surface area contributed by atoms with Crippen molar-refractivity contribution in [3.05, 3.63) is 32.8 Å². The Kier molecular flexibility index (Phi) is 3.96. The molecule has 0 aliphatic carbocycles. The average Bonchev–Trinajstić information content (AvgIpc) is 2.11. The number of hydrogen-bond acceptors (Lipinski definition) is 2. The van der Waals surface area contributed by atoms with Crippen molar-refractivity contribution >= 4 is 33.5 Å². The van der Waals surface area contributed by atoms with Gasteiger partial charge in [0.25, 0.3) is 0 Å². The highest BCUT2D eigenvalue weighted by Gasteiger charge is 2.12. The third-order valence-corrected chi connectivity index (χ3v) is 2.91. The Balaban J connectivity index is 3.09. The van der Waals surface area contributed by atoms with E-state index in [1.807, 2.05) is 6.92 Å². The van der Waals surface area contributed by atoms with Crippen LogP contribution in [0.2, 0.25) is 5.02 Å². The fourth-order valence-electron chi connectivity index (χ4n) is 1.01. The molecule has 0 radical (unpaired) electrons. The van der Waals surface area contributed by atoms with E-state index in [1.54, 1.807) is 19.1 Å². The Labute approximate surface area is 96.3 Å². The first kappa shape index (κ1) is 11.5. The molecule has 1 aromatic carbocycles. The standard InChI is InChI=1S/C10H10BrClO2/c1-3-14-10(13)7-5-8(11)6(2)4-9(7)12/h4-5H,3H2,1-2H3. The molecule has 0 aromatic heterocycles. The molecule has 0 saturated heterocycles. The molecule has 14 heavy (non-hydrogen) atoms. The molecule has 0 bridgehead atoms. The molecular formula is C10H10BrClO2. The minimum atomic E-state index is -0.391. The van der Waals surface area contributed by atoms with Crippen LogP contribution >= 0.6 is 27.5 Å². The van der Waals surface area contributed by atoms with Crippen LogP contribution in [0.1, 0.15) is 22.8 Å². The molecule has 0 fully saturated rings. The van der Waals surface area contributed by atoms with Crippen LogP contribution in [0.25, 0.3) is 0 Å². The summed E-state index contributed by atoms with van der Waals surface area (Å²) >= 11 is 9.24. The second-order valence-electron chi connectivity index (χ2n) is 2.80. The SMILES string of the molecule is CCOC(=O)c1cc(Br)c(C)cc1Cl. The third kappa shape index (κ3) is 2.49. The van der Waals surface area contributed by atoms with E-state index in [0.29, 0.717) is 17.2 Å². The Morgan fingerprint density at radius 3 is 2.79 bits per heavy atom. The number of carbonyl (C=O) groups is 1. The van der Waals surface area contributed by atoms with Gasteiger partial charge in [-0.1, -0.05) is 27.5 Å². The van der Waals surface area contributed by atoms with Gasteiger partial charge in [0.1, 0.15) is 0 Å². The van der Waals surface area contributed by atoms with Crippen LogP contribution < -0.4 is 0 Å². The average molecular weight is 278 g/mol. The van der Waals surface area contributed by atoms with Gasteiger partial charge in [-0.05, 0) is 31.5 Å². The Morgan fingerprint density at radius 1 is 1.57 bits per heavy atom. The summed E-state index contributed by atoms with van der Waals surface area (Å²) in [5.74, 6) is -0.391. The van der Waals surface area contributed by atoms with Crippen LogP contribution in [0.5, 0.6) is 0 Å². The maximum Gasteiger partial charge on any atom is 0.339 e. The van der Waals surface area contributed by atoms with Crippen LogP contribution in [0.15, 0.2) is 16.6 Å². The Hall–Kier alpha value is -0.540. The Morgan fingerprint density at radius 2 is 2.21 bits per heavy atom. The lowest BCUT2D eigenvalue weighted by molar-refractivity contribution is 0.0526. The molecule has 0 saturated carbocycles. The largest absolute Gasteiger partial charge is 0.462 e. The molecule has 0 aliphatic heterocycles. The van der Waals surface area contributed by atoms with E-state index in [9.17, 15) is 4.79 Å². The predicted octanol–water partition coefficient (Wildman–Crippen LogP) is 3.59. The van der Waals surface area contributed by atoms with Crippen LogP contribution in [-0.2, 0) is 4.74 Å². The fraction of sp³-hybridized carbons (Fsp3) is 0.300. The number of carbonyl (C=O) groups excluding carboxylic acids is 1. The molecule has 1 rings (SSSR count). The molecule has 0 aliphatic rings. The highest BCUT2D eigenvalue weighted by molar-refractivity contribution is 9.10. The van der Waals surface area contributed by atoms with Crippen molar-refractivity contribution in [3.63, 3.8) is 0 Å². The topological polar surface area (TPSA) is 26.3 Å². The number of halogens is 2. The van der Waals surface area contributed by atoms with E-state index >= 15 is 0 Å². The van der Waals surface area contributed by atoms with E-state index in [2.05, 4.69) is 15.9 Å². The zero-order valence-corrected chi connectivity index (χ0v) is 10.3. The fourth-order valence-corrected chi connectivity index (χ4v) is 1.65. The summed E-state index contributed by atoms with van der Waals surface area (Å²) in [5.41, 5.74) is 1.38. The van der Waals surface area contributed by atoms with Gasteiger partial charge in [-0.3, -0.25) is 0 Å². The Bertz CT molecular complexity index is 363. The molecule has 0 N–H and O–H groups in total. The second kappa shape index (κ2) is 4.80. The number of hydrogen-bond donors (Lipinski definition) is 0. The van der Waals surface area contributed by atoms with Gasteiger partial charge in [0.15, 0.2) is 0 Å². The van der Waals surface area contributed by atoms with Crippen molar-refractivity contribution in [1.82, 2.24) is 0 Å². The first-order valence-electron chi connectivity index (χ1n) is 4.19. The summed E-state index contributed by atoms with van der Waals surface area (Å²) in [5, 5.41) is 0.421. The quantitative estimate of drug-likeness (QED) is 0.772. The van der Waals surface area contributed by atoms with Crippen molar-refractivity contribution in [2.45, 2.75) is 13.8 Å². The monoisotopic (exact) mass is 276 g/mol. The first-order valence-corrected chi connectivity index (χ1v) is 5.36. The molecule has 0 atom stereocenters. The van der Waals surface area contributed by atoms with Crippen molar-refractivity contribution in [2.24, 2.45) is 0 Å². The molecule has 0 amide bonds. The lowest BCUT2D eigenvalue weighted by atomic mass is 10.1. The molecule has 0 spiro atoms. The summed E-state index contributed by atoms with van der Waals surface area (Å²) in [4.78, 5) is 11.4. The van der Waals surface area contributed by atoms with Crippen LogP contribution in [0, 0.1) is 6.92 Å². The minimum Gasteiger partial charge on any atom is -0.462 e. The molecule has 0 heterocycles. The third-order valence-electron chi connectivity index (χ3n) is 1.74. The first-order chi connectivity index (χ1) is 6.56. The predicted molar refractivity (Wildman–Crippen MR) is 59.8 cm³/mol. The number of aryl methyl sites for hydroxylation is 1. The zero-order valence-electron chi connectivity index (χ0n) is 7.93. The van der Waals surface area contributed by atoms with Gasteiger partial charge in [0.2, 0.25) is 0 Å². The molecule has 1 aromatic rings. The van der Waals surface area contributed by atoms with Gasteiger partial charge in [0, 0.05) is 4.47 Å². The van der Waals surface area contributed by atoms with Crippen LogP contribution in [-0.4, -0.2) is 12.6 Å². The van der Waals surface area contributed by atoms with E-state index in [1.165, 1.54) is 0 Å². The molecule has 2 nitrogen and oxygen atoms in total. The van der Waals surface area contributed by atoms with Crippen molar-refractivity contribution in [1.29, 1.82) is 0 Å². The summed E-state index contributed by atoms with van der Waals surface area (Å²) in [7, 11) is 0. The highest BCUT2D eigenvalue weighted by atomic mass is 79.9. The van der Waals surface area contributed by atoms with E-state index < -0.39 is 5.97 Å². The molecule has 76 valence electrons. The zero-order chi connectivity index (χ0) is 10.7. The van der Waals surface area contributed by atoms with Crippen molar-refractivity contribution < 1.29 is 9.53 Å². The van der Waals surface area contributed by atoms with E-state index in [0.717, 1.165) is 10.0 Å². The number of esters is 1. The van der Waals surface area contributed by atoms with Crippen LogP contribution in [0.4, 0.5) is 0 Å². The van der Waals surface area contributed by atoms with Gasteiger partial charge in [-0.15, -0.1) is 0 Å². The molecule has 0 unspecified atom stereocenters. The summed E-state index contributed by atoms with van der Waals surface area (Å²) in [6, 6.07) is 3.41. The van der Waals surface area contributed by atoms with Crippen molar-refractivity contribution in [2.75, 3.05) is 6.61 Å². The van der Waals surface area contributed by atoms with Gasteiger partial charge < -0.3 is 4.74 Å². The highest BCUT2D eigenvalue weighted by Crippen LogP contribution is 2.25. The molecule has 4 heteroatoms. The summed E-state index contributed by atoms with van der Waals surface area (Å²) < 4.78 is 5.71. The minimum absolute atomic E-state index is 0.348. The smallest absolute Gasteiger partial charge is 0.339 e. The van der Waals surface area contributed by atoms with Gasteiger partial charge >= 0.3 is 5.97 Å². The maximum atomic E-state index is 11.4. The van der Waals surface area contributed by atoms with E-state index in [4.69, 9.17) is 16.3 Å². The van der Waals surface area contributed by atoms with Gasteiger partial charge in [0.05, 0.1) is 17.2 Å². The number of benzene rings is 1. The normalized spacial score (nSPS) is 10.0. The summed E-state index contributed by atoms with van der Waals surface area (Å²) in [6.45, 7) is 4.01. The maximum absolute atomic E-state index is 11.4. The lowest BCUT2D eigenvalue weighted by Crippen LogP contribution is -2.05. The van der Waals surface area contributed by atoms with Crippen LogP contribution in [0.3, 0.4) is 0 Å². The van der Waals surface area contributed by atoms with E-state index in [-0.39, 0.29) is 0 Å². The molecular weight excluding hydrogens is 267 g/mol.